The maximum absolute atomic E-state index is 5.80. The van der Waals surface area contributed by atoms with Crippen LogP contribution in [-0.2, 0) is 0 Å². The van der Waals surface area contributed by atoms with Gasteiger partial charge < -0.3 is 4.74 Å². The number of rotatable bonds is 3. The summed E-state index contributed by atoms with van der Waals surface area (Å²) in [5.74, 6) is 0.885. The van der Waals surface area contributed by atoms with E-state index >= 15 is 0 Å². The van der Waals surface area contributed by atoms with Gasteiger partial charge in [-0.15, -0.1) is 0 Å². The lowest BCUT2D eigenvalue weighted by Gasteiger charge is -2.14. The van der Waals surface area contributed by atoms with Crippen molar-refractivity contribution in [2.45, 2.75) is 19.4 Å². The van der Waals surface area contributed by atoms with E-state index in [0.717, 1.165) is 31.8 Å². The first-order chi connectivity index (χ1) is 6.88. The Kier molecular flexibility index (Phi) is 2.99. The summed E-state index contributed by atoms with van der Waals surface area (Å²) < 4.78 is 5.80. The van der Waals surface area contributed by atoms with Gasteiger partial charge in [-0.05, 0) is 25.1 Å². The minimum absolute atomic E-state index is 0.346. The standard InChI is InChI=1S/C11H16N2O/c1-2-13-7-5-11(9-13)14-10-4-3-6-12-8-10/h3-4,6,8,11H,2,5,7,9H2,1H3/t11-/m0/s1. The molecule has 1 aromatic rings. The lowest BCUT2D eigenvalue weighted by atomic mass is 10.3. The highest BCUT2D eigenvalue weighted by Crippen LogP contribution is 2.16. The van der Waals surface area contributed by atoms with Gasteiger partial charge >= 0.3 is 0 Å². The summed E-state index contributed by atoms with van der Waals surface area (Å²) in [4.78, 5) is 6.43. The molecule has 1 atom stereocenters. The Bertz CT molecular complexity index is 276. The Morgan fingerprint density at radius 3 is 3.21 bits per heavy atom. The number of likely N-dealkylation sites (N-methyl/N-ethyl adjacent to an activating group) is 1. The van der Waals surface area contributed by atoms with Gasteiger partial charge in [-0.25, -0.2) is 0 Å². The van der Waals surface area contributed by atoms with Crippen LogP contribution in [0.3, 0.4) is 0 Å². The number of pyridine rings is 1. The average Bonchev–Trinajstić information content (AvgIpc) is 2.67. The molecule has 0 saturated carbocycles. The zero-order valence-corrected chi connectivity index (χ0v) is 8.52. The van der Waals surface area contributed by atoms with Gasteiger partial charge in [0.25, 0.3) is 0 Å². The second kappa shape index (κ2) is 4.42. The Morgan fingerprint density at radius 2 is 2.57 bits per heavy atom. The van der Waals surface area contributed by atoms with Gasteiger partial charge in [0.2, 0.25) is 0 Å². The van der Waals surface area contributed by atoms with Crippen LogP contribution in [0.2, 0.25) is 0 Å². The fraction of sp³-hybridized carbons (Fsp3) is 0.545. The van der Waals surface area contributed by atoms with Gasteiger partial charge in [-0.3, -0.25) is 9.88 Å². The molecule has 3 nitrogen and oxygen atoms in total. The quantitative estimate of drug-likeness (QED) is 0.726. The fourth-order valence-corrected chi connectivity index (χ4v) is 1.79. The largest absolute Gasteiger partial charge is 0.487 e. The van der Waals surface area contributed by atoms with Crippen LogP contribution in [0, 0.1) is 0 Å². The number of hydrogen-bond acceptors (Lipinski definition) is 3. The van der Waals surface area contributed by atoms with E-state index in [1.807, 2.05) is 12.1 Å². The first-order valence-corrected chi connectivity index (χ1v) is 5.17. The Labute approximate surface area is 84.7 Å². The molecule has 2 heterocycles. The number of aromatic nitrogens is 1. The monoisotopic (exact) mass is 192 g/mol. The molecular formula is C11H16N2O. The van der Waals surface area contributed by atoms with E-state index in [-0.39, 0.29) is 0 Å². The van der Waals surface area contributed by atoms with Gasteiger partial charge in [-0.1, -0.05) is 6.92 Å². The molecule has 0 unspecified atom stereocenters. The Morgan fingerprint density at radius 1 is 1.64 bits per heavy atom. The van der Waals surface area contributed by atoms with E-state index in [1.165, 1.54) is 0 Å². The molecule has 0 N–H and O–H groups in total. The molecule has 1 saturated heterocycles. The number of hydrogen-bond donors (Lipinski definition) is 0. The summed E-state index contributed by atoms with van der Waals surface area (Å²) in [6.45, 7) is 5.51. The predicted molar refractivity (Wildman–Crippen MR) is 55.4 cm³/mol. The number of ether oxygens (including phenoxy) is 1. The van der Waals surface area contributed by atoms with Gasteiger partial charge in [-0.2, -0.15) is 0 Å². The fourth-order valence-electron chi connectivity index (χ4n) is 1.79. The highest BCUT2D eigenvalue weighted by Gasteiger charge is 2.22. The van der Waals surface area contributed by atoms with Crippen molar-refractivity contribution in [1.29, 1.82) is 0 Å². The molecule has 3 heteroatoms. The lowest BCUT2D eigenvalue weighted by molar-refractivity contribution is 0.202. The molecule has 2 rings (SSSR count). The molecule has 1 aliphatic rings. The van der Waals surface area contributed by atoms with Crippen LogP contribution in [-0.4, -0.2) is 35.6 Å². The molecule has 0 amide bonds. The normalized spacial score (nSPS) is 22.5. The molecule has 0 radical (unpaired) electrons. The highest BCUT2D eigenvalue weighted by molar-refractivity contribution is 5.16. The van der Waals surface area contributed by atoms with Crippen molar-refractivity contribution >= 4 is 0 Å². The minimum Gasteiger partial charge on any atom is -0.487 e. The summed E-state index contributed by atoms with van der Waals surface area (Å²) in [7, 11) is 0. The van der Waals surface area contributed by atoms with E-state index in [9.17, 15) is 0 Å². The summed E-state index contributed by atoms with van der Waals surface area (Å²) in [6.07, 6.45) is 5.01. The van der Waals surface area contributed by atoms with Crippen LogP contribution in [0.5, 0.6) is 5.75 Å². The van der Waals surface area contributed by atoms with E-state index < -0.39 is 0 Å². The van der Waals surface area contributed by atoms with E-state index in [0.29, 0.717) is 6.10 Å². The lowest BCUT2D eigenvalue weighted by Crippen LogP contribution is -2.24. The third-order valence-corrected chi connectivity index (χ3v) is 2.61. The molecule has 1 aromatic heterocycles. The first kappa shape index (κ1) is 9.46. The van der Waals surface area contributed by atoms with E-state index in [4.69, 9.17) is 4.74 Å². The van der Waals surface area contributed by atoms with Crippen LogP contribution >= 0.6 is 0 Å². The smallest absolute Gasteiger partial charge is 0.138 e. The zero-order valence-electron chi connectivity index (χ0n) is 8.52. The molecule has 1 aliphatic heterocycles. The van der Waals surface area contributed by atoms with E-state index in [1.54, 1.807) is 12.4 Å². The van der Waals surface area contributed by atoms with Crippen molar-refractivity contribution < 1.29 is 4.74 Å². The van der Waals surface area contributed by atoms with Crippen molar-refractivity contribution in [3.05, 3.63) is 24.5 Å². The number of likely N-dealkylation sites (tertiary alicyclic amines) is 1. The molecule has 0 spiro atoms. The third kappa shape index (κ3) is 2.23. The van der Waals surface area contributed by atoms with Gasteiger partial charge in [0.05, 0.1) is 6.20 Å². The zero-order chi connectivity index (χ0) is 9.80. The van der Waals surface area contributed by atoms with Crippen molar-refractivity contribution in [2.24, 2.45) is 0 Å². The molecule has 1 fully saturated rings. The second-order valence-corrected chi connectivity index (χ2v) is 3.61. The first-order valence-electron chi connectivity index (χ1n) is 5.17. The summed E-state index contributed by atoms with van der Waals surface area (Å²) in [5.41, 5.74) is 0. The van der Waals surface area contributed by atoms with Crippen LogP contribution in [0.4, 0.5) is 0 Å². The van der Waals surface area contributed by atoms with Crippen LogP contribution in [0.1, 0.15) is 13.3 Å². The Balaban J connectivity index is 1.88. The predicted octanol–water partition coefficient (Wildman–Crippen LogP) is 1.55. The molecule has 0 aliphatic carbocycles. The third-order valence-electron chi connectivity index (χ3n) is 2.61. The number of nitrogens with zero attached hydrogens (tertiary/aromatic N) is 2. The van der Waals surface area contributed by atoms with Crippen molar-refractivity contribution in [1.82, 2.24) is 9.88 Å². The minimum atomic E-state index is 0.346. The molecule has 0 aromatic carbocycles. The van der Waals surface area contributed by atoms with Crippen molar-refractivity contribution in [3.8, 4) is 5.75 Å². The summed E-state index contributed by atoms with van der Waals surface area (Å²) in [6, 6.07) is 3.86. The van der Waals surface area contributed by atoms with Crippen LogP contribution < -0.4 is 4.74 Å². The summed E-state index contributed by atoms with van der Waals surface area (Å²) >= 11 is 0. The highest BCUT2D eigenvalue weighted by atomic mass is 16.5. The van der Waals surface area contributed by atoms with Crippen LogP contribution in [0.25, 0.3) is 0 Å². The van der Waals surface area contributed by atoms with Crippen molar-refractivity contribution in [3.63, 3.8) is 0 Å². The van der Waals surface area contributed by atoms with Gasteiger partial charge in [0.1, 0.15) is 11.9 Å². The van der Waals surface area contributed by atoms with Gasteiger partial charge in [0.15, 0.2) is 0 Å². The average molecular weight is 192 g/mol. The molecule has 76 valence electrons. The summed E-state index contributed by atoms with van der Waals surface area (Å²) in [5, 5.41) is 0. The Hall–Kier alpha value is -1.09. The topological polar surface area (TPSA) is 25.4 Å². The SMILES string of the molecule is CCN1CC[C@H](Oc2cccnc2)C1. The van der Waals surface area contributed by atoms with Crippen molar-refractivity contribution in [2.75, 3.05) is 19.6 Å². The molecule has 14 heavy (non-hydrogen) atoms. The van der Waals surface area contributed by atoms with Crippen LogP contribution in [0.15, 0.2) is 24.5 Å². The molecular weight excluding hydrogens is 176 g/mol. The molecule has 0 bridgehead atoms. The maximum Gasteiger partial charge on any atom is 0.138 e. The van der Waals surface area contributed by atoms with E-state index in [2.05, 4.69) is 16.8 Å². The maximum atomic E-state index is 5.80. The van der Waals surface area contributed by atoms with Gasteiger partial charge in [0, 0.05) is 19.3 Å². The second-order valence-electron chi connectivity index (χ2n) is 3.61.